The molecule has 120 heavy (non-hydrogen) atoms. The first-order chi connectivity index (χ1) is 57.6. The Kier molecular flexibility index (Phi) is 21.0. The monoisotopic (exact) mass is 1730 g/mol. The van der Waals surface area contributed by atoms with Gasteiger partial charge in [0, 0.05) is 88.0 Å². The standard InChI is InChI=1S/2C15H12ClN7O.C15H11ClN6O2.C14H10ClN7O2.C14H10ClN7OS/c1-23-3-2-10(22-23)13-12(20-15(24)14(17)19-13)7-4-8-6-18-21-11(8)9(16)5-7;1-7-2-3-23(22-7)14-12(19-15(24)13(17)20-14)8-4-9-6-18-21-11(9)10(16)5-8;1-6-18-5-10(24-6)13-12(21-15(23)14(17)20-13)7-2-8-4-19-22-11(8)9(16)3-7;2*1-5-20-22-14(24-5)11-10(19-13(23)12(16)18-11)6-2-7-4-17-21-9(7)8(15)3-6/h2-6H,1H3,(H2,17,19)(H,18,21)(H,20,24);2-6H,1H3,(H2,17,20)(H,18,21)(H,19,24);2-5H,1H3,(H2,17,20)(H,19,22)(H,21,23);2*2-4H,1H3,(H2,16,18)(H,17,21)(H,19,23). The molecule has 5 aromatic carbocycles. The fraction of sp³-hybridized carbons (Fsp3) is 0.0685. The third kappa shape index (κ3) is 15.7. The van der Waals surface area contributed by atoms with Crippen LogP contribution in [0.1, 0.15) is 22.5 Å². The fourth-order valence-corrected chi connectivity index (χ4v) is 14.3. The molecule has 20 N–H and O–H groups in total. The number of fused-ring (bicyclic) bond motifs is 5. The van der Waals surface area contributed by atoms with Crippen molar-refractivity contribution in [3.05, 3.63) is 222 Å². The lowest BCUT2D eigenvalue weighted by Gasteiger charge is -2.10. The number of aryl methyl sites for hydroxylation is 5. The van der Waals surface area contributed by atoms with Crippen LogP contribution in [0.5, 0.6) is 0 Å². The van der Waals surface area contributed by atoms with E-state index in [2.05, 4.69) is 136 Å². The van der Waals surface area contributed by atoms with Crippen LogP contribution >= 0.6 is 69.3 Å². The Bertz CT molecular complexity index is 6680. The number of rotatable bonds is 10. The van der Waals surface area contributed by atoms with Crippen molar-refractivity contribution >= 4 is 153 Å². The van der Waals surface area contributed by atoms with Gasteiger partial charge in [0.15, 0.2) is 57.3 Å². The number of nitrogen functional groups attached to an aromatic ring is 5. The minimum atomic E-state index is -0.520. The van der Waals surface area contributed by atoms with Gasteiger partial charge in [0.25, 0.3) is 33.7 Å². The molecule has 0 aliphatic carbocycles. The fourth-order valence-electron chi connectivity index (χ4n) is 12.3. The Balaban J connectivity index is 0.000000112. The summed E-state index contributed by atoms with van der Waals surface area (Å²) in [6.07, 6.45) is 13.3. The van der Waals surface area contributed by atoms with Crippen LogP contribution in [0.2, 0.25) is 25.1 Å². The van der Waals surface area contributed by atoms with Crippen LogP contribution in [-0.4, -0.2) is 146 Å². The van der Waals surface area contributed by atoms with Crippen molar-refractivity contribution in [2.75, 3.05) is 28.7 Å². The Labute approximate surface area is 695 Å². The smallest absolute Gasteiger partial charge is 0.291 e. The van der Waals surface area contributed by atoms with Crippen LogP contribution < -0.4 is 56.5 Å². The molecule has 0 unspecified atom stereocenters. The summed E-state index contributed by atoms with van der Waals surface area (Å²) in [6.45, 7) is 7.07. The maximum absolute atomic E-state index is 12.0. The van der Waals surface area contributed by atoms with Gasteiger partial charge < -0.3 is 62.4 Å². The molecule has 0 amide bonds. The summed E-state index contributed by atoms with van der Waals surface area (Å²) in [7, 11) is 1.80. The minimum Gasteiger partial charge on any atom is -0.439 e. The van der Waals surface area contributed by atoms with Gasteiger partial charge in [-0.2, -0.15) is 35.7 Å². The number of nitrogens with zero attached hydrogens (tertiary/aromatic N) is 19. The van der Waals surface area contributed by atoms with Gasteiger partial charge in [-0.3, -0.25) is 54.1 Å². The topological polar surface area (TPSA) is 629 Å². The molecule has 0 bridgehead atoms. The van der Waals surface area contributed by atoms with Crippen molar-refractivity contribution in [2.45, 2.75) is 27.7 Å². The molecule has 600 valence electrons. The summed E-state index contributed by atoms with van der Waals surface area (Å²) in [4.78, 5) is 98.5. The lowest BCUT2D eigenvalue weighted by Crippen LogP contribution is -2.18. The zero-order valence-corrected chi connectivity index (χ0v) is 66.7. The summed E-state index contributed by atoms with van der Waals surface area (Å²) in [6, 6.07) is 21.4. The number of halogens is 5. The number of aromatic amines is 10. The van der Waals surface area contributed by atoms with Crippen molar-refractivity contribution < 1.29 is 8.83 Å². The number of oxazole rings is 1. The predicted octanol–water partition coefficient (Wildman–Crippen LogP) is 10.8. The highest BCUT2D eigenvalue weighted by Crippen LogP contribution is 2.40. The maximum atomic E-state index is 12.0. The van der Waals surface area contributed by atoms with Gasteiger partial charge in [-0.25, -0.2) is 34.6 Å². The van der Waals surface area contributed by atoms with Gasteiger partial charge in [0.05, 0.1) is 124 Å². The minimum absolute atomic E-state index is 0.116. The van der Waals surface area contributed by atoms with Crippen LogP contribution in [-0.2, 0) is 7.05 Å². The number of nitrogens with one attached hydrogen (secondary N) is 10. The number of hydrogen-bond acceptors (Lipinski definition) is 30. The average Bonchev–Trinajstić information content (AvgIpc) is 1.50. The van der Waals surface area contributed by atoms with E-state index in [1.165, 1.54) is 17.5 Å². The molecule has 20 aromatic rings. The zero-order chi connectivity index (χ0) is 84.2. The molecule has 0 aliphatic heterocycles. The molecule has 0 spiro atoms. The number of hydrogen-bond donors (Lipinski definition) is 15. The highest BCUT2D eigenvalue weighted by atomic mass is 35.5. The van der Waals surface area contributed by atoms with E-state index in [0.29, 0.717) is 144 Å². The normalized spacial score (nSPS) is 11.2. The van der Waals surface area contributed by atoms with E-state index in [0.717, 1.165) is 54.2 Å². The predicted molar refractivity (Wildman–Crippen MR) is 453 cm³/mol. The molecule has 0 radical (unpaired) electrons. The van der Waals surface area contributed by atoms with E-state index in [9.17, 15) is 24.0 Å². The van der Waals surface area contributed by atoms with Gasteiger partial charge in [-0.15, -0.1) is 20.4 Å². The SMILES string of the molecule is Cc1ccn(-c2nc(N)c(=O)[nH]c2-c2cc(Cl)c3[nH]ncc3c2)n1.Cc1ncc(-c2nc(N)c(=O)[nH]c2-c2cc(Cl)c3[nH]ncc3c2)o1.Cc1nnc(-c2nc(N)c(=O)[nH]c2-c2cc(Cl)c3[nH]ncc3c2)o1.Cc1nnc(-c2nc(N)c(=O)[nH]c2-c2cc(Cl)c3[nH]ncc3c2)s1.Cn1ccc(-c2nc(N)c(=O)[nH]c2-c2cc(Cl)c3[nH]ncc3c2)n1. The third-order valence-corrected chi connectivity index (χ3v) is 20.2. The molecule has 0 saturated heterocycles. The average molecular weight is 1730 g/mol. The Hall–Kier alpha value is -15.4. The van der Waals surface area contributed by atoms with Crippen LogP contribution in [0, 0.1) is 27.7 Å². The van der Waals surface area contributed by atoms with Gasteiger partial charge >= 0.3 is 0 Å². The Morgan fingerprint density at radius 1 is 0.392 bits per heavy atom. The molecule has 0 saturated carbocycles. The lowest BCUT2D eigenvalue weighted by atomic mass is 10.1. The summed E-state index contributed by atoms with van der Waals surface area (Å²) in [5.74, 6) is 1.08. The van der Waals surface area contributed by atoms with Crippen molar-refractivity contribution in [1.82, 2.24) is 146 Å². The van der Waals surface area contributed by atoms with Crippen molar-refractivity contribution in [3.8, 4) is 107 Å². The molecular weight excluding hydrogens is 1670 g/mol. The third-order valence-electron chi connectivity index (χ3n) is 17.8. The summed E-state index contributed by atoms with van der Waals surface area (Å²) < 4.78 is 14.1. The van der Waals surface area contributed by atoms with Gasteiger partial charge in [-0.05, 0) is 86.6 Å². The molecule has 0 aliphatic rings. The number of anilines is 5. The first-order valence-electron chi connectivity index (χ1n) is 34.8. The lowest BCUT2D eigenvalue weighted by molar-refractivity contribution is 0.531. The number of H-pyrrole nitrogens is 10. The van der Waals surface area contributed by atoms with E-state index < -0.39 is 27.8 Å². The summed E-state index contributed by atoms with van der Waals surface area (Å²) >= 11 is 32.8. The van der Waals surface area contributed by atoms with E-state index >= 15 is 0 Å². The van der Waals surface area contributed by atoms with E-state index in [-0.39, 0.29) is 40.7 Å². The van der Waals surface area contributed by atoms with Crippen LogP contribution in [0.15, 0.2) is 155 Å². The molecule has 41 nitrogen and oxygen atoms in total. The van der Waals surface area contributed by atoms with Crippen LogP contribution in [0.3, 0.4) is 0 Å². The van der Waals surface area contributed by atoms with E-state index in [1.54, 1.807) is 116 Å². The second kappa shape index (κ2) is 32.0. The maximum Gasteiger partial charge on any atom is 0.291 e. The van der Waals surface area contributed by atoms with E-state index in [4.69, 9.17) is 95.5 Å². The van der Waals surface area contributed by atoms with Gasteiger partial charge in [-0.1, -0.05) is 69.3 Å². The van der Waals surface area contributed by atoms with Crippen molar-refractivity contribution in [2.24, 2.45) is 7.05 Å². The Morgan fingerprint density at radius 2 is 0.775 bits per heavy atom. The zero-order valence-electron chi connectivity index (χ0n) is 62.1. The highest BCUT2D eigenvalue weighted by Gasteiger charge is 2.25. The highest BCUT2D eigenvalue weighted by molar-refractivity contribution is 7.14. The number of nitrogens with two attached hydrogens (primary N) is 5. The number of benzene rings is 5. The molecule has 20 rings (SSSR count). The molecule has 0 fully saturated rings. The Morgan fingerprint density at radius 3 is 1.15 bits per heavy atom. The summed E-state index contributed by atoms with van der Waals surface area (Å²) in [5, 5.41) is 66.2. The van der Waals surface area contributed by atoms with Crippen LogP contribution in [0.25, 0.3) is 162 Å². The molecule has 15 heterocycles. The van der Waals surface area contributed by atoms with Gasteiger partial charge in [0.1, 0.15) is 27.8 Å². The first kappa shape index (κ1) is 78.5. The van der Waals surface area contributed by atoms with E-state index in [1.807, 2.05) is 44.2 Å². The second-order valence-corrected chi connectivity index (χ2v) is 29.3. The molecule has 15 aromatic heterocycles. The molecular formula is C73H55Cl5N34O7S. The second-order valence-electron chi connectivity index (χ2n) is 26.1. The quantitative estimate of drug-likeness (QED) is 0.0605. The summed E-state index contributed by atoms with van der Waals surface area (Å²) in [5.41, 5.74) is 38.1. The largest absolute Gasteiger partial charge is 0.439 e. The number of aromatic nitrogens is 29. The molecule has 0 atom stereocenters. The van der Waals surface area contributed by atoms with Crippen molar-refractivity contribution in [1.29, 1.82) is 0 Å². The molecule has 47 heteroatoms. The van der Waals surface area contributed by atoms with Crippen LogP contribution in [0.4, 0.5) is 29.1 Å². The van der Waals surface area contributed by atoms with Crippen molar-refractivity contribution in [3.63, 3.8) is 0 Å². The first-order valence-corrected chi connectivity index (χ1v) is 37.5. The van der Waals surface area contributed by atoms with Gasteiger partial charge in [0.2, 0.25) is 5.89 Å².